The number of ether oxygens (including phenoxy) is 3. The summed E-state index contributed by atoms with van der Waals surface area (Å²) in [7, 11) is 0. The van der Waals surface area contributed by atoms with Crippen molar-refractivity contribution in [2.24, 2.45) is 0 Å². The van der Waals surface area contributed by atoms with Crippen LogP contribution in [-0.2, 0) is 14.2 Å². The summed E-state index contributed by atoms with van der Waals surface area (Å²) in [4.78, 5) is 0. The van der Waals surface area contributed by atoms with Crippen molar-refractivity contribution in [3.63, 3.8) is 0 Å². The van der Waals surface area contributed by atoms with Gasteiger partial charge in [0.2, 0.25) is 0 Å². The van der Waals surface area contributed by atoms with Crippen LogP contribution in [0, 0.1) is 0 Å². The molecule has 0 bridgehead atoms. The summed E-state index contributed by atoms with van der Waals surface area (Å²) >= 11 is 0. The Labute approximate surface area is 105 Å². The zero-order chi connectivity index (χ0) is 12.8. The van der Waals surface area contributed by atoms with Gasteiger partial charge in [0.15, 0.2) is 0 Å². The molecule has 0 saturated carbocycles. The van der Waals surface area contributed by atoms with E-state index in [1.165, 1.54) is 0 Å². The van der Waals surface area contributed by atoms with Crippen LogP contribution in [0.1, 0.15) is 34.1 Å². The molecule has 0 N–H and O–H groups in total. The highest BCUT2D eigenvalue weighted by Gasteiger charge is 2.51. The van der Waals surface area contributed by atoms with E-state index in [1.54, 1.807) is 0 Å². The van der Waals surface area contributed by atoms with E-state index < -0.39 is 5.60 Å². The fraction of sp³-hybridized carbons (Fsp3) is 1.00. The largest absolute Gasteiger partial charge is 0.379 e. The van der Waals surface area contributed by atoms with Crippen LogP contribution in [0.2, 0.25) is 0 Å². The van der Waals surface area contributed by atoms with E-state index in [0.717, 1.165) is 13.0 Å². The van der Waals surface area contributed by atoms with Gasteiger partial charge in [-0.25, -0.2) is 5.32 Å². The first kappa shape index (κ1) is 14.9. The number of hydrogen-bond acceptors (Lipinski definition) is 3. The van der Waals surface area contributed by atoms with Gasteiger partial charge in [0.1, 0.15) is 5.60 Å². The summed E-state index contributed by atoms with van der Waals surface area (Å²) < 4.78 is 17.2. The van der Waals surface area contributed by atoms with Crippen LogP contribution >= 0.6 is 0 Å². The zero-order valence-electron chi connectivity index (χ0n) is 11.6. The molecule has 0 aromatic carbocycles. The maximum absolute atomic E-state index is 6.03. The fourth-order valence-corrected chi connectivity index (χ4v) is 2.24. The third-order valence-corrected chi connectivity index (χ3v) is 3.68. The number of morpholine rings is 1. The minimum atomic E-state index is -0.425. The normalized spacial score (nSPS) is 28.2. The van der Waals surface area contributed by atoms with Gasteiger partial charge in [-0.15, -0.1) is 0 Å². The van der Waals surface area contributed by atoms with Crippen molar-refractivity contribution in [3.8, 4) is 0 Å². The molecule has 0 aromatic heterocycles. The van der Waals surface area contributed by atoms with E-state index in [1.807, 2.05) is 13.8 Å². The first-order valence-corrected chi connectivity index (χ1v) is 6.62. The quantitative estimate of drug-likeness (QED) is 0.683. The number of hydrogen-bond donors (Lipinski definition) is 0. The lowest BCUT2D eigenvalue weighted by Gasteiger charge is -2.50. The van der Waals surface area contributed by atoms with Gasteiger partial charge in [-0.2, -0.15) is 0 Å². The molecule has 0 aromatic rings. The Bertz CT molecular complexity index is 215. The molecule has 1 atom stereocenters. The topological polar surface area (TPSA) is 41.8 Å². The molecule has 0 aliphatic carbocycles. The average molecular weight is 244 g/mol. The van der Waals surface area contributed by atoms with Crippen LogP contribution in [0.3, 0.4) is 0 Å². The highest BCUT2D eigenvalue weighted by molar-refractivity contribution is 5.05. The minimum Gasteiger partial charge on any atom is -0.379 e. The first-order chi connectivity index (χ1) is 8.14. The maximum Gasteiger partial charge on any atom is 0.134 e. The third-order valence-electron chi connectivity index (χ3n) is 3.68. The van der Waals surface area contributed by atoms with Gasteiger partial charge < -0.3 is 14.2 Å². The van der Waals surface area contributed by atoms with Crippen molar-refractivity contribution in [3.05, 3.63) is 0 Å². The van der Waals surface area contributed by atoms with Crippen LogP contribution in [0.4, 0.5) is 0 Å². The van der Waals surface area contributed by atoms with Gasteiger partial charge in [0, 0.05) is 19.8 Å². The molecule has 1 radical (unpaired) electrons. The summed E-state index contributed by atoms with van der Waals surface area (Å²) in [6.07, 6.45) is 0.938. The lowest BCUT2D eigenvalue weighted by atomic mass is 9.78. The Hall–Kier alpha value is -0.160. The Morgan fingerprint density at radius 2 is 1.71 bits per heavy atom. The molecule has 1 unspecified atom stereocenters. The highest BCUT2D eigenvalue weighted by Crippen LogP contribution is 2.34. The summed E-state index contributed by atoms with van der Waals surface area (Å²) in [6, 6.07) is 0. The summed E-state index contributed by atoms with van der Waals surface area (Å²) in [5, 5.41) is 4.75. The van der Waals surface area contributed by atoms with Gasteiger partial charge in [-0.3, -0.25) is 0 Å². The van der Waals surface area contributed by atoms with E-state index in [4.69, 9.17) is 19.5 Å². The second kappa shape index (κ2) is 6.69. The lowest BCUT2D eigenvalue weighted by molar-refractivity contribution is -0.197. The van der Waals surface area contributed by atoms with Gasteiger partial charge in [-0.05, 0) is 27.2 Å². The SMILES string of the molecule is CCOCC1(COCC)OCC[N]C1(C)CC. The predicted molar refractivity (Wildman–Crippen MR) is 67.4 cm³/mol. The van der Waals surface area contributed by atoms with E-state index in [9.17, 15) is 0 Å². The first-order valence-electron chi connectivity index (χ1n) is 6.62. The molecule has 0 spiro atoms. The van der Waals surface area contributed by atoms with Gasteiger partial charge in [-0.1, -0.05) is 6.92 Å². The molecule has 1 aliphatic heterocycles. The van der Waals surface area contributed by atoms with Crippen LogP contribution in [-0.4, -0.2) is 50.7 Å². The molecule has 4 heteroatoms. The molecule has 0 amide bonds. The van der Waals surface area contributed by atoms with Crippen LogP contribution in [0.25, 0.3) is 0 Å². The van der Waals surface area contributed by atoms with Crippen molar-refractivity contribution in [1.82, 2.24) is 5.32 Å². The molecule has 101 valence electrons. The van der Waals surface area contributed by atoms with Crippen molar-refractivity contribution < 1.29 is 14.2 Å². The molecule has 1 aliphatic rings. The lowest BCUT2D eigenvalue weighted by Crippen LogP contribution is -2.67. The van der Waals surface area contributed by atoms with Crippen molar-refractivity contribution in [2.45, 2.75) is 45.3 Å². The van der Waals surface area contributed by atoms with Crippen LogP contribution < -0.4 is 5.32 Å². The molecule has 1 fully saturated rings. The molecular weight excluding hydrogens is 218 g/mol. The Kier molecular flexibility index (Phi) is 5.86. The van der Waals surface area contributed by atoms with Crippen LogP contribution in [0.5, 0.6) is 0 Å². The average Bonchev–Trinajstić information content (AvgIpc) is 2.36. The van der Waals surface area contributed by atoms with Crippen molar-refractivity contribution >= 4 is 0 Å². The second-order valence-corrected chi connectivity index (χ2v) is 4.63. The molecule has 17 heavy (non-hydrogen) atoms. The Balaban J connectivity index is 2.82. The molecule has 1 heterocycles. The summed E-state index contributed by atoms with van der Waals surface area (Å²) in [5.74, 6) is 0. The van der Waals surface area contributed by atoms with E-state index in [2.05, 4.69) is 13.8 Å². The highest BCUT2D eigenvalue weighted by atomic mass is 16.6. The van der Waals surface area contributed by atoms with Gasteiger partial charge in [0.05, 0.1) is 25.4 Å². The Morgan fingerprint density at radius 3 is 2.18 bits per heavy atom. The van der Waals surface area contributed by atoms with Crippen molar-refractivity contribution in [2.75, 3.05) is 39.6 Å². The molecule has 4 nitrogen and oxygen atoms in total. The van der Waals surface area contributed by atoms with E-state index >= 15 is 0 Å². The Morgan fingerprint density at radius 1 is 1.12 bits per heavy atom. The standard InChI is InChI=1S/C13H26NO3/c1-5-12(4)13(10-15-6-2,11-16-7-3)17-9-8-14-12/h5-11H2,1-4H3. The predicted octanol–water partition coefficient (Wildman–Crippen LogP) is 1.60. The number of rotatable bonds is 7. The zero-order valence-corrected chi connectivity index (χ0v) is 11.6. The van der Waals surface area contributed by atoms with Crippen molar-refractivity contribution in [1.29, 1.82) is 0 Å². The third kappa shape index (κ3) is 3.19. The minimum absolute atomic E-state index is 0.213. The van der Waals surface area contributed by atoms with Crippen LogP contribution in [0.15, 0.2) is 0 Å². The fourth-order valence-electron chi connectivity index (χ4n) is 2.24. The molecule has 1 rings (SSSR count). The smallest absolute Gasteiger partial charge is 0.134 e. The van der Waals surface area contributed by atoms with E-state index in [0.29, 0.717) is 33.0 Å². The monoisotopic (exact) mass is 244 g/mol. The van der Waals surface area contributed by atoms with E-state index in [-0.39, 0.29) is 5.54 Å². The van der Waals surface area contributed by atoms with Gasteiger partial charge in [0.25, 0.3) is 0 Å². The maximum atomic E-state index is 6.03. The summed E-state index contributed by atoms with van der Waals surface area (Å²) in [5.41, 5.74) is -0.637. The number of nitrogens with zero attached hydrogens (tertiary/aromatic N) is 1. The molecule has 1 saturated heterocycles. The second-order valence-electron chi connectivity index (χ2n) is 4.63. The summed E-state index contributed by atoms with van der Waals surface area (Å²) in [6.45, 7) is 12.2. The molecular formula is C13H26NO3. The van der Waals surface area contributed by atoms with Gasteiger partial charge >= 0.3 is 0 Å².